The monoisotopic (exact) mass is 912 g/mol. The Bertz CT molecular complexity index is 1920. The molecule has 3 aromatic carbocycles. The van der Waals surface area contributed by atoms with Gasteiger partial charge in [0.05, 0.1) is 11.4 Å². The Morgan fingerprint density at radius 3 is 1.62 bits per heavy atom. The van der Waals surface area contributed by atoms with Crippen LogP contribution in [0.25, 0.3) is 0 Å². The van der Waals surface area contributed by atoms with Gasteiger partial charge in [0, 0.05) is 96.6 Å². The second kappa shape index (κ2) is 29.2. The number of hydrogen-bond acceptors (Lipinski definition) is 12. The molecule has 0 aliphatic carbocycles. The summed E-state index contributed by atoms with van der Waals surface area (Å²) < 4.78 is 6.04. The Hall–Kier alpha value is -6.18. The first-order valence-corrected chi connectivity index (χ1v) is 20.8. The molecule has 0 aromatic heterocycles. The molecule has 0 bridgehead atoms. The highest BCUT2D eigenvalue weighted by molar-refractivity contribution is 7.99. The molecule has 3 aromatic rings. The van der Waals surface area contributed by atoms with E-state index in [-0.39, 0.29) is 0 Å². The summed E-state index contributed by atoms with van der Waals surface area (Å²) in [5, 5.41) is 51.1. The molecule has 0 radical (unpaired) electrons. The van der Waals surface area contributed by atoms with Crippen LogP contribution >= 0.6 is 23.4 Å². The number of fused-ring (bicyclic) bond motifs is 2. The molecule has 1 saturated heterocycles. The summed E-state index contributed by atoms with van der Waals surface area (Å²) in [7, 11) is 0. The number of aliphatic carboxylic acids is 6. The van der Waals surface area contributed by atoms with Crippen molar-refractivity contribution in [1.82, 2.24) is 15.1 Å². The number of rotatable bonds is 18. The molecule has 0 saturated carbocycles. The first-order chi connectivity index (χ1) is 29.9. The third kappa shape index (κ3) is 23.6. The highest BCUT2D eigenvalue weighted by atomic mass is 35.5. The average Bonchev–Trinajstić information content (AvgIpc) is 3.23. The first-order valence-electron chi connectivity index (χ1n) is 19.6. The normalized spacial score (nSPS) is 13.4. The van der Waals surface area contributed by atoms with E-state index in [1.54, 1.807) is 0 Å². The Morgan fingerprint density at radius 1 is 0.651 bits per heavy atom. The maximum absolute atomic E-state index is 9.55. The molecule has 0 amide bonds. The molecule has 2 aliphatic heterocycles. The molecular weight excluding hydrogens is 860 g/mol. The zero-order chi connectivity index (χ0) is 46.7. The molecule has 17 nitrogen and oxygen atoms in total. The number of hydrogen-bond donors (Lipinski definition) is 7. The van der Waals surface area contributed by atoms with E-state index in [2.05, 4.69) is 94.5 Å². The van der Waals surface area contributed by atoms with E-state index in [9.17, 15) is 28.8 Å². The largest absolute Gasteiger partial charge is 0.492 e. The predicted molar refractivity (Wildman–Crippen MR) is 239 cm³/mol. The standard InChI is InChI=1S/C32H41ClN4OS.3C4H4O4/c1-25(2)34-15-14-26-8-11-28(12-9-26)38-23-22-36-20-18-35(19-21-36)16-5-17-37-29-6-3-4-7-31(29)39-32-13-10-27(33)24-30(32)37;3*5-3(6)1-2-4(7)8/h3-4,6-13,24-25,34H,5,14-23H2,1-2H3;3*1-2H,(H,5,6)(H,7,8). The lowest BCUT2D eigenvalue weighted by Gasteiger charge is -2.36. The molecule has 0 atom stereocenters. The minimum absolute atomic E-state index is 0.532. The molecule has 0 unspecified atom stereocenters. The van der Waals surface area contributed by atoms with Crippen molar-refractivity contribution < 1.29 is 64.1 Å². The fourth-order valence-electron chi connectivity index (χ4n) is 5.71. The van der Waals surface area contributed by atoms with E-state index in [4.69, 9.17) is 47.0 Å². The Balaban J connectivity index is 0.000000464. The summed E-state index contributed by atoms with van der Waals surface area (Å²) in [6, 6.07) is 24.1. The van der Waals surface area contributed by atoms with Crippen LogP contribution in [0.1, 0.15) is 25.8 Å². The summed E-state index contributed by atoms with van der Waals surface area (Å²) >= 11 is 8.22. The number of nitrogens with one attached hydrogen (secondary N) is 1. The molecule has 1 fully saturated rings. The minimum atomic E-state index is -1.26. The van der Waals surface area contributed by atoms with Crippen molar-refractivity contribution in [2.24, 2.45) is 0 Å². The zero-order valence-corrected chi connectivity index (χ0v) is 36.4. The molecule has 19 heteroatoms. The molecule has 63 heavy (non-hydrogen) atoms. The smallest absolute Gasteiger partial charge is 0.328 e. The van der Waals surface area contributed by atoms with E-state index in [0.717, 1.165) is 82.6 Å². The van der Waals surface area contributed by atoms with Crippen LogP contribution in [0.5, 0.6) is 5.75 Å². The fraction of sp³-hybridized carbons (Fsp3) is 0.318. The summed E-state index contributed by atoms with van der Waals surface area (Å²) in [6.07, 6.45) is 5.52. The first kappa shape index (κ1) is 53.0. The Kier molecular flexibility index (Phi) is 24.5. The minimum Gasteiger partial charge on any atom is -0.492 e. The average molecular weight is 913 g/mol. The molecule has 5 rings (SSSR count). The van der Waals surface area contributed by atoms with Gasteiger partial charge in [-0.25, -0.2) is 28.8 Å². The van der Waals surface area contributed by atoms with Crippen LogP contribution in [0.4, 0.5) is 11.4 Å². The molecule has 340 valence electrons. The number of piperazine rings is 1. The molecular formula is C44H53ClN4O13S. The lowest BCUT2D eigenvalue weighted by Crippen LogP contribution is -2.47. The van der Waals surface area contributed by atoms with E-state index >= 15 is 0 Å². The third-order valence-electron chi connectivity index (χ3n) is 8.58. The van der Waals surface area contributed by atoms with Crippen molar-refractivity contribution in [3.63, 3.8) is 0 Å². The van der Waals surface area contributed by atoms with E-state index in [1.165, 1.54) is 26.7 Å². The van der Waals surface area contributed by atoms with Crippen molar-refractivity contribution in [2.75, 3.05) is 63.9 Å². The summed E-state index contributed by atoms with van der Waals surface area (Å²) in [5.41, 5.74) is 3.87. The summed E-state index contributed by atoms with van der Waals surface area (Å²) in [4.78, 5) is 67.5. The van der Waals surface area contributed by atoms with Crippen LogP contribution in [0, 0.1) is 0 Å². The van der Waals surface area contributed by atoms with Gasteiger partial charge in [0.1, 0.15) is 12.4 Å². The Labute approximate surface area is 374 Å². The van der Waals surface area contributed by atoms with Crippen molar-refractivity contribution in [3.8, 4) is 5.75 Å². The highest BCUT2D eigenvalue weighted by Gasteiger charge is 2.24. The number of para-hydroxylation sites is 1. The van der Waals surface area contributed by atoms with Gasteiger partial charge in [0.15, 0.2) is 0 Å². The quantitative estimate of drug-likeness (QED) is 0.0755. The van der Waals surface area contributed by atoms with E-state index in [0.29, 0.717) is 42.5 Å². The van der Waals surface area contributed by atoms with Crippen LogP contribution in [0.3, 0.4) is 0 Å². The second-order valence-electron chi connectivity index (χ2n) is 13.8. The van der Waals surface area contributed by atoms with Crippen molar-refractivity contribution in [1.29, 1.82) is 0 Å². The van der Waals surface area contributed by atoms with Crippen LogP contribution in [-0.2, 0) is 35.2 Å². The molecule has 2 heterocycles. The number of carbonyl (C=O) groups is 6. The maximum Gasteiger partial charge on any atom is 0.328 e. The molecule has 2 aliphatic rings. The molecule has 7 N–H and O–H groups in total. The van der Waals surface area contributed by atoms with Crippen molar-refractivity contribution in [3.05, 3.63) is 114 Å². The fourth-order valence-corrected chi connectivity index (χ4v) is 6.95. The summed E-state index contributed by atoms with van der Waals surface area (Å²) in [6.45, 7) is 13.7. The maximum atomic E-state index is 9.55. The van der Waals surface area contributed by atoms with Gasteiger partial charge in [-0.05, 0) is 74.0 Å². The Morgan fingerprint density at radius 2 is 1.13 bits per heavy atom. The van der Waals surface area contributed by atoms with Gasteiger partial charge in [-0.2, -0.15) is 0 Å². The van der Waals surface area contributed by atoms with Crippen LogP contribution in [0.15, 0.2) is 113 Å². The van der Waals surface area contributed by atoms with Gasteiger partial charge in [-0.3, -0.25) is 4.90 Å². The number of benzene rings is 3. The van der Waals surface area contributed by atoms with E-state index in [1.807, 2.05) is 17.8 Å². The van der Waals surface area contributed by atoms with Crippen LogP contribution < -0.4 is 15.0 Å². The van der Waals surface area contributed by atoms with Crippen molar-refractivity contribution in [2.45, 2.75) is 42.5 Å². The van der Waals surface area contributed by atoms with Crippen LogP contribution in [-0.4, -0.2) is 141 Å². The number of nitrogens with zero attached hydrogens (tertiary/aromatic N) is 3. The van der Waals surface area contributed by atoms with Gasteiger partial charge in [-0.15, -0.1) is 0 Å². The van der Waals surface area contributed by atoms with Crippen molar-refractivity contribution >= 4 is 70.6 Å². The highest BCUT2D eigenvalue weighted by Crippen LogP contribution is 2.48. The van der Waals surface area contributed by atoms with Gasteiger partial charge in [0.25, 0.3) is 0 Å². The zero-order valence-electron chi connectivity index (χ0n) is 34.8. The van der Waals surface area contributed by atoms with Crippen LogP contribution in [0.2, 0.25) is 5.02 Å². The number of anilines is 2. The lowest BCUT2D eigenvalue weighted by molar-refractivity contribution is -0.134. The predicted octanol–water partition coefficient (Wildman–Crippen LogP) is 5.71. The number of carboxylic acids is 6. The van der Waals surface area contributed by atoms with Gasteiger partial charge < -0.3 is 50.5 Å². The van der Waals surface area contributed by atoms with Gasteiger partial charge in [-0.1, -0.05) is 61.5 Å². The number of ether oxygens (including phenoxy) is 1. The third-order valence-corrected chi connectivity index (χ3v) is 9.95. The lowest BCUT2D eigenvalue weighted by atomic mass is 10.1. The molecule has 0 spiro atoms. The van der Waals surface area contributed by atoms with Gasteiger partial charge in [0.2, 0.25) is 0 Å². The topological polar surface area (TPSA) is 255 Å². The second-order valence-corrected chi connectivity index (χ2v) is 15.3. The van der Waals surface area contributed by atoms with E-state index < -0.39 is 35.8 Å². The number of carboxylic acid groups (broad SMARTS) is 6. The van der Waals surface area contributed by atoms with Gasteiger partial charge >= 0.3 is 35.8 Å². The SMILES string of the molecule is CC(C)NCCc1ccc(OCCN2CCN(CCCN3c4ccccc4Sc4ccc(Cl)cc43)CC2)cc1.O=C(O)C=CC(=O)O.O=C(O)C=CC(=O)O.O=C(O)C=CC(=O)O. The number of halogens is 1. The summed E-state index contributed by atoms with van der Waals surface area (Å²) in [5.74, 6) is -6.57.